The van der Waals surface area contributed by atoms with Crippen LogP contribution in [-0.4, -0.2) is 40.4 Å². The van der Waals surface area contributed by atoms with Crippen LogP contribution in [0.15, 0.2) is 0 Å². The molecule has 0 aromatic carbocycles. The summed E-state index contributed by atoms with van der Waals surface area (Å²) in [4.78, 5) is 13.2. The molecule has 0 bridgehead atoms. The van der Waals surface area contributed by atoms with Crippen molar-refractivity contribution in [1.82, 2.24) is 4.90 Å². The molecule has 1 rings (SSSR count). The number of nitrogens with zero attached hydrogens (tertiary/aromatic N) is 2. The van der Waals surface area contributed by atoms with Crippen molar-refractivity contribution in [3.05, 3.63) is 0 Å². The van der Waals surface area contributed by atoms with Crippen LogP contribution >= 0.6 is 0 Å². The lowest BCUT2D eigenvalue weighted by Crippen LogP contribution is -2.47. The molecule has 0 saturated carbocycles. The summed E-state index contributed by atoms with van der Waals surface area (Å²) in [7, 11) is 0. The van der Waals surface area contributed by atoms with Crippen LogP contribution in [0, 0.1) is 11.3 Å². The number of hydrogen-bond acceptors (Lipinski definition) is 4. The van der Waals surface area contributed by atoms with E-state index in [2.05, 4.69) is 0 Å². The van der Waals surface area contributed by atoms with Gasteiger partial charge in [-0.3, -0.25) is 0 Å². The Kier molecular flexibility index (Phi) is 6.13. The Morgan fingerprint density at radius 3 is 2.11 bits per heavy atom. The van der Waals surface area contributed by atoms with Gasteiger partial charge >= 0.3 is 6.09 Å². The lowest BCUT2D eigenvalue weighted by molar-refractivity contribution is -0.00584. The van der Waals surface area contributed by atoms with E-state index in [-0.39, 0.29) is 18.9 Å². The molecule has 1 saturated heterocycles. The molecule has 1 fully saturated rings. The third-order valence-corrected chi connectivity index (χ3v) is 2.45. The van der Waals surface area contributed by atoms with E-state index in [9.17, 15) is 9.90 Å². The maximum Gasteiger partial charge on any atom is 0.410 e. The Bertz CT molecular complexity index is 307. The molecule has 1 amide bonds. The quantitative estimate of drug-likeness (QED) is 0.675. The van der Waals surface area contributed by atoms with Crippen molar-refractivity contribution in [2.24, 2.45) is 0 Å². The third-order valence-electron chi connectivity index (χ3n) is 2.45. The zero-order valence-electron chi connectivity index (χ0n) is 12.0. The molecule has 104 valence electrons. The standard InChI is InChI=1S/C11H18N2O3.C2H6/c1-10(2,3)16-9(14)13-6-4-11(15,8-12)5-7-13;1-2/h15H,4-7H2,1-3H3;1-2H3. The van der Waals surface area contributed by atoms with Crippen molar-refractivity contribution in [2.45, 2.75) is 58.7 Å². The summed E-state index contributed by atoms with van der Waals surface area (Å²) in [6.07, 6.45) is 0.179. The van der Waals surface area contributed by atoms with Gasteiger partial charge in [0, 0.05) is 25.9 Å². The van der Waals surface area contributed by atoms with Gasteiger partial charge in [-0.2, -0.15) is 5.26 Å². The van der Waals surface area contributed by atoms with Crippen LogP contribution in [0.25, 0.3) is 0 Å². The molecule has 18 heavy (non-hydrogen) atoms. The molecule has 0 spiro atoms. The van der Waals surface area contributed by atoms with Crippen LogP contribution < -0.4 is 0 Å². The molecule has 5 heteroatoms. The van der Waals surface area contributed by atoms with Crippen LogP contribution in [0.3, 0.4) is 0 Å². The number of hydrogen-bond donors (Lipinski definition) is 1. The van der Waals surface area contributed by atoms with E-state index in [1.54, 1.807) is 20.8 Å². The fourth-order valence-corrected chi connectivity index (χ4v) is 1.50. The second-order valence-corrected chi connectivity index (χ2v) is 5.11. The zero-order valence-corrected chi connectivity index (χ0v) is 12.0. The maximum absolute atomic E-state index is 11.7. The third kappa shape index (κ3) is 5.37. The Labute approximate surface area is 109 Å². The second-order valence-electron chi connectivity index (χ2n) is 5.11. The van der Waals surface area contributed by atoms with E-state index in [1.807, 2.05) is 19.9 Å². The molecule has 1 aliphatic rings. The van der Waals surface area contributed by atoms with E-state index >= 15 is 0 Å². The molecule has 0 aromatic heterocycles. The van der Waals surface area contributed by atoms with Gasteiger partial charge in [0.25, 0.3) is 0 Å². The van der Waals surface area contributed by atoms with Crippen molar-refractivity contribution in [3.63, 3.8) is 0 Å². The fourth-order valence-electron chi connectivity index (χ4n) is 1.50. The van der Waals surface area contributed by atoms with E-state index in [1.165, 1.54) is 4.90 Å². The highest BCUT2D eigenvalue weighted by Gasteiger charge is 2.35. The van der Waals surface area contributed by atoms with E-state index in [0.29, 0.717) is 13.1 Å². The molecule has 1 aliphatic heterocycles. The summed E-state index contributed by atoms with van der Waals surface area (Å²) in [6, 6.07) is 1.86. The first-order valence-electron chi connectivity index (χ1n) is 6.37. The molecule has 5 nitrogen and oxygen atoms in total. The molecular formula is C13H24N2O3. The van der Waals surface area contributed by atoms with Gasteiger partial charge in [0.15, 0.2) is 5.60 Å². The highest BCUT2D eigenvalue weighted by Crippen LogP contribution is 2.22. The van der Waals surface area contributed by atoms with Gasteiger partial charge in [-0.05, 0) is 20.8 Å². The number of likely N-dealkylation sites (tertiary alicyclic amines) is 1. The number of carbonyl (C=O) groups is 1. The Balaban J connectivity index is 0.00000137. The van der Waals surface area contributed by atoms with Crippen molar-refractivity contribution in [2.75, 3.05) is 13.1 Å². The summed E-state index contributed by atoms with van der Waals surface area (Å²) in [5, 5.41) is 18.4. The molecule has 0 atom stereocenters. The molecule has 0 radical (unpaired) electrons. The largest absolute Gasteiger partial charge is 0.444 e. The van der Waals surface area contributed by atoms with Gasteiger partial charge in [-0.15, -0.1) is 0 Å². The summed E-state index contributed by atoms with van der Waals surface area (Å²) in [6.45, 7) is 10.1. The number of rotatable bonds is 0. The number of carbonyl (C=O) groups excluding carboxylic acids is 1. The first-order valence-corrected chi connectivity index (χ1v) is 6.37. The number of piperidine rings is 1. The van der Waals surface area contributed by atoms with Gasteiger partial charge in [-0.25, -0.2) is 4.79 Å². The van der Waals surface area contributed by atoms with Crippen LogP contribution in [0.2, 0.25) is 0 Å². The predicted molar refractivity (Wildman–Crippen MR) is 69.0 cm³/mol. The van der Waals surface area contributed by atoms with Crippen LogP contribution in [0.4, 0.5) is 4.79 Å². The Morgan fingerprint density at radius 2 is 1.78 bits per heavy atom. The number of aliphatic hydroxyl groups is 1. The van der Waals surface area contributed by atoms with Crippen molar-refractivity contribution < 1.29 is 14.6 Å². The fraction of sp³-hybridized carbons (Fsp3) is 0.846. The lowest BCUT2D eigenvalue weighted by Gasteiger charge is -2.34. The van der Waals surface area contributed by atoms with Gasteiger partial charge in [0.2, 0.25) is 0 Å². The molecule has 0 aromatic rings. The van der Waals surface area contributed by atoms with Crippen LogP contribution in [0.1, 0.15) is 47.5 Å². The first kappa shape index (κ1) is 16.7. The molecular weight excluding hydrogens is 232 g/mol. The molecule has 0 unspecified atom stereocenters. The predicted octanol–water partition coefficient (Wildman–Crippen LogP) is 2.30. The minimum atomic E-state index is -1.28. The monoisotopic (exact) mass is 256 g/mol. The SMILES string of the molecule is CC.CC(C)(C)OC(=O)N1CCC(O)(C#N)CC1. The summed E-state index contributed by atoms with van der Waals surface area (Å²) >= 11 is 0. The molecule has 1 heterocycles. The van der Waals surface area contributed by atoms with Crippen LogP contribution in [0.5, 0.6) is 0 Å². The van der Waals surface area contributed by atoms with E-state index < -0.39 is 11.2 Å². The highest BCUT2D eigenvalue weighted by atomic mass is 16.6. The topological polar surface area (TPSA) is 73.6 Å². The van der Waals surface area contributed by atoms with E-state index in [4.69, 9.17) is 10.00 Å². The number of amides is 1. The maximum atomic E-state index is 11.7. The summed E-state index contributed by atoms with van der Waals surface area (Å²) < 4.78 is 5.20. The van der Waals surface area contributed by atoms with Gasteiger partial charge in [-0.1, -0.05) is 13.8 Å². The Morgan fingerprint density at radius 1 is 1.33 bits per heavy atom. The second kappa shape index (κ2) is 6.60. The average molecular weight is 256 g/mol. The lowest BCUT2D eigenvalue weighted by atomic mass is 9.93. The zero-order chi connectivity index (χ0) is 14.4. The van der Waals surface area contributed by atoms with Gasteiger partial charge in [0.1, 0.15) is 5.60 Å². The van der Waals surface area contributed by atoms with E-state index in [0.717, 1.165) is 0 Å². The minimum absolute atomic E-state index is 0.280. The number of nitriles is 1. The van der Waals surface area contributed by atoms with Crippen LogP contribution in [-0.2, 0) is 4.74 Å². The average Bonchev–Trinajstić information content (AvgIpc) is 2.30. The smallest absolute Gasteiger partial charge is 0.410 e. The normalized spacial score (nSPS) is 18.2. The number of ether oxygens (including phenoxy) is 1. The minimum Gasteiger partial charge on any atom is -0.444 e. The Hall–Kier alpha value is -1.28. The first-order chi connectivity index (χ1) is 8.26. The van der Waals surface area contributed by atoms with Crippen molar-refractivity contribution in [1.29, 1.82) is 5.26 Å². The highest BCUT2D eigenvalue weighted by molar-refractivity contribution is 5.68. The van der Waals surface area contributed by atoms with Crippen molar-refractivity contribution >= 4 is 6.09 Å². The van der Waals surface area contributed by atoms with Gasteiger partial charge < -0.3 is 14.7 Å². The van der Waals surface area contributed by atoms with Gasteiger partial charge in [0.05, 0.1) is 6.07 Å². The molecule has 0 aliphatic carbocycles. The van der Waals surface area contributed by atoms with Crippen molar-refractivity contribution in [3.8, 4) is 6.07 Å². The summed E-state index contributed by atoms with van der Waals surface area (Å²) in [5.74, 6) is 0. The molecule has 1 N–H and O–H groups in total. The summed E-state index contributed by atoms with van der Waals surface area (Å²) in [5.41, 5.74) is -1.79.